The van der Waals surface area contributed by atoms with E-state index in [0.717, 1.165) is 50.3 Å². The van der Waals surface area contributed by atoms with E-state index in [-0.39, 0.29) is 5.41 Å². The van der Waals surface area contributed by atoms with Crippen LogP contribution < -0.4 is 5.32 Å². The maximum Gasteiger partial charge on any atom is 0.193 e. The summed E-state index contributed by atoms with van der Waals surface area (Å²) in [6, 6.07) is 8.97. The topological polar surface area (TPSA) is 30.9 Å². The van der Waals surface area contributed by atoms with E-state index in [9.17, 15) is 0 Å². The summed E-state index contributed by atoms with van der Waals surface area (Å²) < 4.78 is 0. The smallest absolute Gasteiger partial charge is 0.193 e. The lowest BCUT2D eigenvalue weighted by Crippen LogP contribution is -2.43. The first kappa shape index (κ1) is 17.9. The zero-order valence-electron chi connectivity index (χ0n) is 15.6. The van der Waals surface area contributed by atoms with Gasteiger partial charge in [0.05, 0.1) is 6.54 Å². The molecule has 0 amide bonds. The summed E-state index contributed by atoms with van der Waals surface area (Å²) in [5, 5.41) is 4.34. The largest absolute Gasteiger partial charge is 0.357 e. The first-order valence-electron chi connectivity index (χ1n) is 9.88. The molecule has 4 rings (SSSR count). The van der Waals surface area contributed by atoms with Gasteiger partial charge in [-0.1, -0.05) is 35.9 Å². The van der Waals surface area contributed by atoms with Crippen LogP contribution in [-0.4, -0.2) is 61.1 Å². The minimum absolute atomic E-state index is 0.198. The molecule has 1 unspecified atom stereocenters. The second-order valence-electron chi connectivity index (χ2n) is 7.77. The number of hydrogen-bond donors (Lipinski definition) is 1. The molecule has 0 radical (unpaired) electrons. The number of hydrogen-bond acceptors (Lipinski definition) is 2. The van der Waals surface area contributed by atoms with Crippen LogP contribution in [0.25, 0.3) is 0 Å². The lowest BCUT2D eigenvalue weighted by Gasteiger charge is -2.26. The van der Waals surface area contributed by atoms with Gasteiger partial charge in [0.15, 0.2) is 5.96 Å². The molecule has 1 saturated heterocycles. The van der Waals surface area contributed by atoms with Gasteiger partial charge in [0.1, 0.15) is 0 Å². The van der Waals surface area contributed by atoms with Gasteiger partial charge < -0.3 is 10.2 Å². The van der Waals surface area contributed by atoms with E-state index in [4.69, 9.17) is 16.6 Å². The van der Waals surface area contributed by atoms with Gasteiger partial charge >= 0.3 is 0 Å². The van der Waals surface area contributed by atoms with Crippen LogP contribution >= 0.6 is 11.6 Å². The van der Waals surface area contributed by atoms with Crippen molar-refractivity contribution in [1.82, 2.24) is 15.1 Å². The molecule has 0 bridgehead atoms. The summed E-state index contributed by atoms with van der Waals surface area (Å²) in [5.41, 5.74) is 1.54. The zero-order valence-corrected chi connectivity index (χ0v) is 16.4. The molecule has 1 atom stereocenters. The van der Waals surface area contributed by atoms with E-state index in [1.807, 2.05) is 6.07 Å². The molecule has 1 N–H and O–H groups in total. The molecule has 0 aromatic heterocycles. The Hall–Kier alpha value is -1.52. The second-order valence-corrected chi connectivity index (χ2v) is 8.21. The Labute approximate surface area is 161 Å². The fraction of sp³-hybridized carbons (Fsp3) is 0.571. The van der Waals surface area contributed by atoms with E-state index in [1.165, 1.54) is 24.8 Å². The summed E-state index contributed by atoms with van der Waals surface area (Å²) in [4.78, 5) is 10.1. The molecule has 4 nitrogen and oxygen atoms in total. The van der Waals surface area contributed by atoms with Crippen molar-refractivity contribution in [2.75, 3.05) is 39.3 Å². The van der Waals surface area contributed by atoms with Gasteiger partial charge in [-0.25, -0.2) is 0 Å². The molecule has 26 heavy (non-hydrogen) atoms. The highest BCUT2D eigenvalue weighted by Crippen LogP contribution is 2.48. The number of halogens is 1. The minimum atomic E-state index is 0.198. The lowest BCUT2D eigenvalue weighted by atomic mass is 9.96. The van der Waals surface area contributed by atoms with Crippen LogP contribution in [0, 0.1) is 0 Å². The van der Waals surface area contributed by atoms with Crippen LogP contribution in [0.4, 0.5) is 0 Å². The molecular weight excluding hydrogens is 344 g/mol. The molecule has 1 aromatic rings. The van der Waals surface area contributed by atoms with Crippen molar-refractivity contribution in [2.45, 2.75) is 37.6 Å². The molecule has 5 heteroatoms. The zero-order chi connectivity index (χ0) is 18.0. The molecular formula is C21H29ClN4. The van der Waals surface area contributed by atoms with E-state index in [2.05, 4.69) is 52.4 Å². The Morgan fingerprint density at radius 2 is 2.12 bits per heavy atom. The van der Waals surface area contributed by atoms with Crippen LogP contribution in [0.15, 0.2) is 41.4 Å². The van der Waals surface area contributed by atoms with E-state index < -0.39 is 0 Å². The number of likely N-dealkylation sites (tertiary alicyclic amines) is 1. The highest BCUT2D eigenvalue weighted by molar-refractivity contribution is 6.30. The Kier molecular flexibility index (Phi) is 5.23. The Morgan fingerprint density at radius 3 is 2.81 bits per heavy atom. The Bertz CT molecular complexity index is 687. The number of aliphatic imine (C=N–C) groups is 1. The number of benzene rings is 1. The van der Waals surface area contributed by atoms with Gasteiger partial charge in [0.25, 0.3) is 0 Å². The van der Waals surface area contributed by atoms with Crippen molar-refractivity contribution in [3.63, 3.8) is 0 Å². The normalized spacial score (nSPS) is 25.1. The summed E-state index contributed by atoms with van der Waals surface area (Å²) in [5.74, 6) is 1.08. The standard InChI is InChI=1S/C21H29ClN4/c1-2-23-20(26-13-8-19(15-26)25-11-3-4-12-25)24-16-21(9-10-21)17-6-5-7-18(22)14-17/h3-7,14,19H,2,8-13,15-16H2,1H3,(H,23,24). The fourth-order valence-corrected chi connectivity index (χ4v) is 4.37. The SMILES string of the molecule is CCNC(=NCC1(c2cccc(Cl)c2)CC1)N1CCC(N2CC=CC2)C1. The first-order valence-corrected chi connectivity index (χ1v) is 10.3. The lowest BCUT2D eigenvalue weighted by molar-refractivity contribution is 0.259. The highest BCUT2D eigenvalue weighted by Gasteiger charge is 2.44. The van der Waals surface area contributed by atoms with Crippen LogP contribution in [0.1, 0.15) is 31.7 Å². The third kappa shape index (κ3) is 3.77. The van der Waals surface area contributed by atoms with Crippen molar-refractivity contribution in [3.05, 3.63) is 47.0 Å². The van der Waals surface area contributed by atoms with Gasteiger partial charge in [-0.2, -0.15) is 0 Å². The molecule has 1 saturated carbocycles. The van der Waals surface area contributed by atoms with Crippen molar-refractivity contribution in [2.24, 2.45) is 4.99 Å². The third-order valence-corrected chi connectivity index (χ3v) is 6.22. The van der Waals surface area contributed by atoms with Gasteiger partial charge in [-0.3, -0.25) is 9.89 Å². The van der Waals surface area contributed by atoms with E-state index >= 15 is 0 Å². The molecule has 2 heterocycles. The molecule has 140 valence electrons. The first-order chi connectivity index (χ1) is 12.7. The van der Waals surface area contributed by atoms with Gasteiger partial charge in [-0.05, 0) is 43.9 Å². The minimum Gasteiger partial charge on any atom is -0.357 e. The van der Waals surface area contributed by atoms with Crippen LogP contribution in [0.2, 0.25) is 5.02 Å². The number of nitrogens with one attached hydrogen (secondary N) is 1. The Morgan fingerprint density at radius 1 is 1.31 bits per heavy atom. The van der Waals surface area contributed by atoms with E-state index in [1.54, 1.807) is 0 Å². The average molecular weight is 373 g/mol. The van der Waals surface area contributed by atoms with Crippen molar-refractivity contribution >= 4 is 17.6 Å². The number of guanidine groups is 1. The van der Waals surface area contributed by atoms with Crippen molar-refractivity contribution in [1.29, 1.82) is 0 Å². The summed E-state index contributed by atoms with van der Waals surface area (Å²) in [7, 11) is 0. The highest BCUT2D eigenvalue weighted by atomic mass is 35.5. The molecule has 0 spiro atoms. The van der Waals surface area contributed by atoms with Gasteiger partial charge in [-0.15, -0.1) is 0 Å². The molecule has 3 aliphatic rings. The molecule has 1 aromatic carbocycles. The average Bonchev–Trinajstić information content (AvgIpc) is 3.04. The van der Waals surface area contributed by atoms with Crippen LogP contribution in [-0.2, 0) is 5.41 Å². The van der Waals surface area contributed by atoms with E-state index in [0.29, 0.717) is 6.04 Å². The third-order valence-electron chi connectivity index (χ3n) is 5.98. The quantitative estimate of drug-likeness (QED) is 0.489. The van der Waals surface area contributed by atoms with Crippen LogP contribution in [0.3, 0.4) is 0 Å². The van der Waals surface area contributed by atoms with Gasteiger partial charge in [0, 0.05) is 49.2 Å². The summed E-state index contributed by atoms with van der Waals surface area (Å²) in [6.45, 7) is 8.29. The monoisotopic (exact) mass is 372 g/mol. The molecule has 1 aliphatic carbocycles. The summed E-state index contributed by atoms with van der Waals surface area (Å²) >= 11 is 6.21. The van der Waals surface area contributed by atoms with Crippen molar-refractivity contribution < 1.29 is 0 Å². The predicted molar refractivity (Wildman–Crippen MR) is 109 cm³/mol. The molecule has 2 aliphatic heterocycles. The number of rotatable bonds is 5. The fourth-order valence-electron chi connectivity index (χ4n) is 4.18. The predicted octanol–water partition coefficient (Wildman–Crippen LogP) is 3.28. The van der Waals surface area contributed by atoms with Crippen LogP contribution in [0.5, 0.6) is 0 Å². The van der Waals surface area contributed by atoms with Crippen molar-refractivity contribution in [3.8, 4) is 0 Å². The maximum atomic E-state index is 6.21. The Balaban J connectivity index is 1.43. The second kappa shape index (κ2) is 7.61. The molecule has 2 fully saturated rings. The summed E-state index contributed by atoms with van der Waals surface area (Å²) in [6.07, 6.45) is 8.20. The van der Waals surface area contributed by atoms with Gasteiger partial charge in [0.2, 0.25) is 0 Å². The maximum absolute atomic E-state index is 6.21. The number of nitrogens with zero attached hydrogens (tertiary/aromatic N) is 3.